The van der Waals surface area contributed by atoms with Crippen molar-refractivity contribution < 1.29 is 0 Å². The fraction of sp³-hybridized carbons (Fsp3) is 0.467. The Balaban J connectivity index is 1.70. The molecule has 4 nitrogen and oxygen atoms in total. The third-order valence-electron chi connectivity index (χ3n) is 3.64. The number of thiophene rings is 1. The second-order valence-corrected chi connectivity index (χ2v) is 7.86. The maximum absolute atomic E-state index is 4.71. The molecule has 0 aromatic carbocycles. The van der Waals surface area contributed by atoms with Crippen LogP contribution in [-0.4, -0.2) is 23.6 Å². The molecule has 1 saturated carbocycles. The lowest BCUT2D eigenvalue weighted by atomic mass is 10.2. The molecule has 0 unspecified atom stereocenters. The van der Waals surface area contributed by atoms with E-state index >= 15 is 0 Å². The van der Waals surface area contributed by atoms with Gasteiger partial charge < -0.3 is 10.6 Å². The molecule has 0 atom stereocenters. The molecule has 21 heavy (non-hydrogen) atoms. The molecule has 0 bridgehead atoms. The molecule has 1 aliphatic rings. The molecular formula is C15H19BrN4S. The third kappa shape index (κ3) is 3.55. The number of hydrogen-bond acceptors (Lipinski definition) is 5. The summed E-state index contributed by atoms with van der Waals surface area (Å²) in [6, 6.07) is 4.26. The first-order chi connectivity index (χ1) is 10.2. The van der Waals surface area contributed by atoms with Crippen molar-refractivity contribution in [2.45, 2.75) is 32.1 Å². The van der Waals surface area contributed by atoms with Gasteiger partial charge in [0, 0.05) is 30.0 Å². The van der Waals surface area contributed by atoms with Crippen LogP contribution >= 0.6 is 27.3 Å². The van der Waals surface area contributed by atoms with Crippen molar-refractivity contribution >= 4 is 38.9 Å². The molecule has 3 rings (SSSR count). The van der Waals surface area contributed by atoms with E-state index in [1.54, 1.807) is 11.3 Å². The van der Waals surface area contributed by atoms with Crippen molar-refractivity contribution in [1.29, 1.82) is 0 Å². The summed E-state index contributed by atoms with van der Waals surface area (Å²) in [7, 11) is 1.92. The van der Waals surface area contributed by atoms with Crippen molar-refractivity contribution in [3.8, 4) is 0 Å². The summed E-state index contributed by atoms with van der Waals surface area (Å²) in [5.74, 6) is 3.44. The zero-order valence-electron chi connectivity index (χ0n) is 12.2. The van der Waals surface area contributed by atoms with Crippen LogP contribution in [0.1, 0.15) is 35.0 Å². The molecule has 6 heteroatoms. The number of aromatic nitrogens is 2. The van der Waals surface area contributed by atoms with E-state index in [0.717, 1.165) is 36.0 Å². The van der Waals surface area contributed by atoms with Crippen LogP contribution in [0.2, 0.25) is 0 Å². The number of anilines is 2. The molecule has 1 fully saturated rings. The van der Waals surface area contributed by atoms with E-state index in [-0.39, 0.29) is 0 Å². The summed E-state index contributed by atoms with van der Waals surface area (Å²) in [6.45, 7) is 2.95. The predicted molar refractivity (Wildman–Crippen MR) is 92.5 cm³/mol. The van der Waals surface area contributed by atoms with E-state index in [1.165, 1.54) is 21.5 Å². The van der Waals surface area contributed by atoms with Crippen LogP contribution in [0.3, 0.4) is 0 Å². The fourth-order valence-electron chi connectivity index (χ4n) is 2.26. The predicted octanol–water partition coefficient (Wildman–Crippen LogP) is 4.18. The molecule has 0 spiro atoms. The molecule has 0 saturated heterocycles. The normalized spacial score (nSPS) is 14.2. The molecule has 112 valence electrons. The minimum atomic E-state index is 0.562. The number of halogens is 1. The molecule has 0 radical (unpaired) electrons. The SMILES string of the molecule is CNc1nc(C2CC2)nc(NCCc2ccc(Br)s2)c1C. The molecule has 0 aliphatic heterocycles. The lowest BCUT2D eigenvalue weighted by Crippen LogP contribution is -2.11. The van der Waals surface area contributed by atoms with E-state index in [9.17, 15) is 0 Å². The van der Waals surface area contributed by atoms with Gasteiger partial charge in [-0.05, 0) is 54.2 Å². The molecule has 2 aromatic heterocycles. The Morgan fingerprint density at radius 3 is 2.67 bits per heavy atom. The van der Waals surface area contributed by atoms with Gasteiger partial charge >= 0.3 is 0 Å². The topological polar surface area (TPSA) is 49.8 Å². The van der Waals surface area contributed by atoms with Gasteiger partial charge in [0.2, 0.25) is 0 Å². The highest BCUT2D eigenvalue weighted by atomic mass is 79.9. The second kappa shape index (κ2) is 6.32. The van der Waals surface area contributed by atoms with Gasteiger partial charge in [-0.25, -0.2) is 9.97 Å². The van der Waals surface area contributed by atoms with Crippen LogP contribution in [0.5, 0.6) is 0 Å². The van der Waals surface area contributed by atoms with Crippen LogP contribution in [0.4, 0.5) is 11.6 Å². The molecule has 2 aromatic rings. The average molecular weight is 367 g/mol. The van der Waals surface area contributed by atoms with Gasteiger partial charge in [-0.2, -0.15) is 0 Å². The van der Waals surface area contributed by atoms with Crippen molar-refractivity contribution in [3.05, 3.63) is 32.2 Å². The first kappa shape index (κ1) is 14.8. The summed E-state index contributed by atoms with van der Waals surface area (Å²) in [6.07, 6.45) is 3.44. The van der Waals surface area contributed by atoms with Gasteiger partial charge in [0.25, 0.3) is 0 Å². The second-order valence-electron chi connectivity index (χ2n) is 5.31. The van der Waals surface area contributed by atoms with E-state index in [4.69, 9.17) is 4.98 Å². The van der Waals surface area contributed by atoms with Gasteiger partial charge in [0.15, 0.2) is 0 Å². The highest BCUT2D eigenvalue weighted by molar-refractivity contribution is 9.11. The van der Waals surface area contributed by atoms with Crippen LogP contribution < -0.4 is 10.6 Å². The van der Waals surface area contributed by atoms with Crippen LogP contribution in [-0.2, 0) is 6.42 Å². The maximum atomic E-state index is 4.71. The average Bonchev–Trinajstić information content (AvgIpc) is 3.24. The van der Waals surface area contributed by atoms with Crippen LogP contribution in [0, 0.1) is 6.92 Å². The summed E-state index contributed by atoms with van der Waals surface area (Å²) in [5, 5.41) is 6.64. The van der Waals surface area contributed by atoms with Crippen molar-refractivity contribution in [2.24, 2.45) is 0 Å². The third-order valence-corrected chi connectivity index (χ3v) is 5.32. The highest BCUT2D eigenvalue weighted by Gasteiger charge is 2.28. The Morgan fingerprint density at radius 1 is 1.29 bits per heavy atom. The minimum Gasteiger partial charge on any atom is -0.373 e. The summed E-state index contributed by atoms with van der Waals surface area (Å²) >= 11 is 5.29. The van der Waals surface area contributed by atoms with Crippen molar-refractivity contribution in [3.63, 3.8) is 0 Å². The van der Waals surface area contributed by atoms with E-state index in [2.05, 4.69) is 50.6 Å². The Labute approximate surface area is 137 Å². The lowest BCUT2D eigenvalue weighted by Gasteiger charge is -2.13. The molecular weight excluding hydrogens is 348 g/mol. The highest BCUT2D eigenvalue weighted by Crippen LogP contribution is 2.39. The Bertz CT molecular complexity index is 637. The van der Waals surface area contributed by atoms with Crippen molar-refractivity contribution in [1.82, 2.24) is 9.97 Å². The summed E-state index contributed by atoms with van der Waals surface area (Å²) < 4.78 is 1.18. The standard InChI is InChI=1S/C15H19BrN4S/c1-9-13(17-2)19-15(10-3-4-10)20-14(9)18-8-7-11-5-6-12(16)21-11/h5-6,10H,3-4,7-8H2,1-2H3,(H2,17,18,19,20). The molecule has 1 aliphatic carbocycles. The minimum absolute atomic E-state index is 0.562. The zero-order valence-corrected chi connectivity index (χ0v) is 14.6. The largest absolute Gasteiger partial charge is 0.373 e. The van der Waals surface area contributed by atoms with E-state index in [1.807, 2.05) is 7.05 Å². The number of nitrogens with zero attached hydrogens (tertiary/aromatic N) is 2. The Morgan fingerprint density at radius 2 is 2.05 bits per heavy atom. The summed E-state index contributed by atoms with van der Waals surface area (Å²) in [4.78, 5) is 10.7. The monoisotopic (exact) mass is 366 g/mol. The van der Waals surface area contributed by atoms with Gasteiger partial charge in [-0.1, -0.05) is 0 Å². The maximum Gasteiger partial charge on any atom is 0.136 e. The van der Waals surface area contributed by atoms with Gasteiger partial charge in [0.05, 0.1) is 3.79 Å². The van der Waals surface area contributed by atoms with Crippen LogP contribution in [0.25, 0.3) is 0 Å². The Kier molecular flexibility index (Phi) is 4.45. The number of rotatable bonds is 6. The number of hydrogen-bond donors (Lipinski definition) is 2. The number of nitrogens with one attached hydrogen (secondary N) is 2. The summed E-state index contributed by atoms with van der Waals surface area (Å²) in [5.41, 5.74) is 1.09. The molecule has 2 heterocycles. The molecule has 0 amide bonds. The van der Waals surface area contributed by atoms with Crippen LogP contribution in [0.15, 0.2) is 15.9 Å². The van der Waals surface area contributed by atoms with Crippen molar-refractivity contribution in [2.75, 3.05) is 24.2 Å². The van der Waals surface area contributed by atoms with Gasteiger partial charge in [-0.3, -0.25) is 0 Å². The van der Waals surface area contributed by atoms with E-state index in [0.29, 0.717) is 5.92 Å². The quantitative estimate of drug-likeness (QED) is 0.804. The fourth-order valence-corrected chi connectivity index (χ4v) is 3.75. The lowest BCUT2D eigenvalue weighted by molar-refractivity contribution is 0.909. The van der Waals surface area contributed by atoms with Gasteiger partial charge in [0.1, 0.15) is 17.5 Å². The zero-order chi connectivity index (χ0) is 14.8. The first-order valence-corrected chi connectivity index (χ1v) is 8.82. The molecule has 2 N–H and O–H groups in total. The van der Waals surface area contributed by atoms with E-state index < -0.39 is 0 Å². The van der Waals surface area contributed by atoms with Gasteiger partial charge in [-0.15, -0.1) is 11.3 Å². The Hall–Kier alpha value is -1.14. The smallest absolute Gasteiger partial charge is 0.136 e. The first-order valence-electron chi connectivity index (χ1n) is 7.21.